The van der Waals surface area contributed by atoms with Crippen molar-refractivity contribution in [1.82, 2.24) is 5.32 Å². The first kappa shape index (κ1) is 15.2. The summed E-state index contributed by atoms with van der Waals surface area (Å²) in [7, 11) is 0. The molecule has 1 unspecified atom stereocenters. The maximum atomic E-state index is 12.4. The number of carbonyl (C=O) groups is 1. The number of rotatable bonds is 4. The van der Waals surface area contributed by atoms with Crippen LogP contribution in [0, 0.1) is 0 Å². The molecule has 1 amide bonds. The van der Waals surface area contributed by atoms with E-state index < -0.39 is 5.54 Å². The van der Waals surface area contributed by atoms with Crippen molar-refractivity contribution in [2.75, 3.05) is 5.75 Å². The number of nitrogens with zero attached hydrogens (tertiary/aromatic N) is 1. The molecule has 1 atom stereocenters. The number of aryl methyl sites for hydroxylation is 1. The van der Waals surface area contributed by atoms with Gasteiger partial charge in [-0.05, 0) is 37.1 Å². The van der Waals surface area contributed by atoms with E-state index in [1.165, 1.54) is 10.4 Å². The molecule has 2 rings (SSSR count). The van der Waals surface area contributed by atoms with Gasteiger partial charge in [-0.1, -0.05) is 12.1 Å². The molecule has 1 aromatic heterocycles. The predicted molar refractivity (Wildman–Crippen MR) is 83.8 cm³/mol. The molecular weight excluding hydrogens is 294 g/mol. The summed E-state index contributed by atoms with van der Waals surface area (Å²) in [5, 5.41) is 14.7. The quantitative estimate of drug-likeness (QED) is 0.344. The van der Waals surface area contributed by atoms with E-state index >= 15 is 0 Å². The zero-order chi connectivity index (χ0) is 14.8. The van der Waals surface area contributed by atoms with Crippen molar-refractivity contribution in [1.29, 1.82) is 0 Å². The predicted octanol–water partition coefficient (Wildman–Crippen LogP) is 2.18. The number of oxime groups is 1. The highest BCUT2D eigenvalue weighted by Crippen LogP contribution is 2.31. The molecule has 7 heteroatoms. The first-order valence-corrected chi connectivity index (χ1v) is 8.47. The van der Waals surface area contributed by atoms with E-state index in [1.807, 2.05) is 24.8 Å². The molecule has 110 valence electrons. The molecule has 2 heterocycles. The maximum Gasteiger partial charge on any atom is 0.262 e. The zero-order valence-corrected chi connectivity index (χ0v) is 13.2. The summed E-state index contributed by atoms with van der Waals surface area (Å²) in [5.41, 5.74) is 6.11. The Morgan fingerprint density at radius 1 is 1.65 bits per heavy atom. The third kappa shape index (κ3) is 2.93. The summed E-state index contributed by atoms with van der Waals surface area (Å²) in [5.74, 6) is 1.95. The van der Waals surface area contributed by atoms with E-state index in [1.54, 1.807) is 18.3 Å². The number of carbonyl (C=O) groups excluding carboxylic acids is 1. The average molecular weight is 313 g/mol. The van der Waals surface area contributed by atoms with Crippen molar-refractivity contribution < 1.29 is 10.0 Å². The highest BCUT2D eigenvalue weighted by Gasteiger charge is 2.31. The fourth-order valence-electron chi connectivity index (χ4n) is 2.02. The molecule has 1 aliphatic rings. The van der Waals surface area contributed by atoms with Crippen LogP contribution in [0.15, 0.2) is 11.2 Å². The van der Waals surface area contributed by atoms with Crippen molar-refractivity contribution in [3.05, 3.63) is 21.4 Å². The van der Waals surface area contributed by atoms with Gasteiger partial charge in [-0.15, -0.1) is 11.3 Å². The molecule has 0 saturated heterocycles. The van der Waals surface area contributed by atoms with Gasteiger partial charge in [-0.3, -0.25) is 4.79 Å². The van der Waals surface area contributed by atoms with Crippen LogP contribution in [-0.4, -0.2) is 28.2 Å². The van der Waals surface area contributed by atoms with Gasteiger partial charge in [0.15, 0.2) is 5.84 Å². The summed E-state index contributed by atoms with van der Waals surface area (Å²) in [6, 6.07) is 1.96. The molecule has 4 N–H and O–H groups in total. The van der Waals surface area contributed by atoms with E-state index in [2.05, 4.69) is 10.5 Å². The molecule has 0 aliphatic carbocycles. The van der Waals surface area contributed by atoms with Crippen molar-refractivity contribution in [3.63, 3.8) is 0 Å². The second-order valence-electron chi connectivity index (χ2n) is 4.99. The summed E-state index contributed by atoms with van der Waals surface area (Å²) < 4.78 is 0. The van der Waals surface area contributed by atoms with Crippen LogP contribution in [0.5, 0.6) is 0 Å². The van der Waals surface area contributed by atoms with Crippen molar-refractivity contribution in [2.45, 2.75) is 38.0 Å². The number of thiophene rings is 1. The number of nitrogens with two attached hydrogens (primary N) is 1. The van der Waals surface area contributed by atoms with E-state index in [-0.39, 0.29) is 11.7 Å². The molecule has 0 radical (unpaired) electrons. The van der Waals surface area contributed by atoms with Crippen LogP contribution in [-0.2, 0) is 12.2 Å². The minimum absolute atomic E-state index is 0.0187. The van der Waals surface area contributed by atoms with Crippen LogP contribution in [0.25, 0.3) is 0 Å². The number of fused-ring (bicyclic) bond motifs is 1. The topological polar surface area (TPSA) is 87.7 Å². The highest BCUT2D eigenvalue weighted by atomic mass is 32.2. The van der Waals surface area contributed by atoms with Gasteiger partial charge in [-0.25, -0.2) is 0 Å². The monoisotopic (exact) mass is 313 g/mol. The van der Waals surface area contributed by atoms with Crippen molar-refractivity contribution in [3.8, 4) is 0 Å². The van der Waals surface area contributed by atoms with Gasteiger partial charge >= 0.3 is 0 Å². The van der Waals surface area contributed by atoms with Gasteiger partial charge in [0.25, 0.3) is 5.91 Å². The Hall–Kier alpha value is -1.21. The summed E-state index contributed by atoms with van der Waals surface area (Å²) in [6.45, 7) is 3.64. The minimum Gasteiger partial charge on any atom is -0.409 e. The Bertz CT molecular complexity index is 518. The van der Waals surface area contributed by atoms with Crippen LogP contribution in [0.3, 0.4) is 0 Å². The lowest BCUT2D eigenvalue weighted by atomic mass is 9.97. The third-order valence-corrected chi connectivity index (χ3v) is 5.86. The Labute approximate surface area is 126 Å². The number of thioether (sulfide) groups is 1. The van der Waals surface area contributed by atoms with E-state index in [9.17, 15) is 4.79 Å². The number of amidine groups is 1. The standard InChI is InChI=1S/C13H19N3O2S2/c1-3-13(2,12(14)16-18)15-11(17)10-6-8-7-19-5-4-9(8)20-10/h6,18H,3-5,7H2,1-2H3,(H2,14,16)(H,15,17). The summed E-state index contributed by atoms with van der Waals surface area (Å²) in [6.07, 6.45) is 1.58. The largest absolute Gasteiger partial charge is 0.409 e. The fraction of sp³-hybridized carbons (Fsp3) is 0.538. The third-order valence-electron chi connectivity index (χ3n) is 3.62. The number of hydrogen-bond acceptors (Lipinski definition) is 5. The second-order valence-corrected chi connectivity index (χ2v) is 7.23. The van der Waals surface area contributed by atoms with E-state index in [0.717, 1.165) is 17.9 Å². The van der Waals surface area contributed by atoms with Crippen molar-refractivity contribution >= 4 is 34.8 Å². The first-order chi connectivity index (χ1) is 9.50. The smallest absolute Gasteiger partial charge is 0.262 e. The Morgan fingerprint density at radius 3 is 3.00 bits per heavy atom. The summed E-state index contributed by atoms with van der Waals surface area (Å²) >= 11 is 3.44. The maximum absolute atomic E-state index is 12.4. The minimum atomic E-state index is -0.828. The summed E-state index contributed by atoms with van der Waals surface area (Å²) in [4.78, 5) is 14.4. The van der Waals surface area contributed by atoms with Crippen LogP contribution in [0.4, 0.5) is 0 Å². The van der Waals surface area contributed by atoms with E-state index in [0.29, 0.717) is 11.3 Å². The van der Waals surface area contributed by atoms with Crippen LogP contribution >= 0.6 is 23.1 Å². The lowest BCUT2D eigenvalue weighted by Crippen LogP contribution is -2.54. The average Bonchev–Trinajstić information content (AvgIpc) is 2.90. The Morgan fingerprint density at radius 2 is 2.40 bits per heavy atom. The molecule has 20 heavy (non-hydrogen) atoms. The Kier molecular flexibility index (Phi) is 4.59. The van der Waals surface area contributed by atoms with E-state index in [4.69, 9.17) is 10.9 Å². The molecule has 5 nitrogen and oxygen atoms in total. The Balaban J connectivity index is 2.17. The van der Waals surface area contributed by atoms with Gasteiger partial charge < -0.3 is 16.3 Å². The molecule has 0 fully saturated rings. The second kappa shape index (κ2) is 6.05. The van der Waals surface area contributed by atoms with Crippen LogP contribution in [0.1, 0.15) is 40.4 Å². The zero-order valence-electron chi connectivity index (χ0n) is 11.6. The number of nitrogens with one attached hydrogen (secondary N) is 1. The first-order valence-electron chi connectivity index (χ1n) is 6.50. The van der Waals surface area contributed by atoms with Gasteiger partial charge in [0.1, 0.15) is 0 Å². The van der Waals surface area contributed by atoms with Crippen LogP contribution in [0.2, 0.25) is 0 Å². The van der Waals surface area contributed by atoms with Gasteiger partial charge in [0.2, 0.25) is 0 Å². The molecule has 0 spiro atoms. The highest BCUT2D eigenvalue weighted by molar-refractivity contribution is 7.98. The lowest BCUT2D eigenvalue weighted by Gasteiger charge is -2.27. The van der Waals surface area contributed by atoms with Gasteiger partial charge in [0.05, 0.1) is 10.4 Å². The lowest BCUT2D eigenvalue weighted by molar-refractivity contribution is 0.0929. The normalized spacial score (nSPS) is 18.2. The molecule has 1 aromatic rings. The fourth-order valence-corrected chi connectivity index (χ4v) is 4.28. The molecule has 0 saturated carbocycles. The molecular formula is C13H19N3O2S2. The molecule has 1 aliphatic heterocycles. The van der Waals surface area contributed by atoms with Crippen LogP contribution < -0.4 is 11.1 Å². The molecule has 0 aromatic carbocycles. The van der Waals surface area contributed by atoms with Crippen molar-refractivity contribution in [2.24, 2.45) is 10.9 Å². The van der Waals surface area contributed by atoms with Gasteiger partial charge in [-0.2, -0.15) is 11.8 Å². The number of amides is 1. The number of hydrogen-bond donors (Lipinski definition) is 3. The molecule has 0 bridgehead atoms. The van der Waals surface area contributed by atoms with Gasteiger partial charge in [0, 0.05) is 10.6 Å². The SMILES string of the molecule is CCC(C)(NC(=O)c1cc2c(s1)CCSC2)C(N)=NO.